The Morgan fingerprint density at radius 3 is 2.28 bits per heavy atom. The lowest BCUT2D eigenvalue weighted by Crippen LogP contribution is -2.35. The Kier molecular flexibility index (Phi) is 6.36. The molecular formula is C12H21NO5. The normalized spacial score (nSPS) is 10.9. The van der Waals surface area contributed by atoms with E-state index in [1.807, 2.05) is 0 Å². The fraction of sp³-hybridized carbons (Fsp3) is 0.750. The van der Waals surface area contributed by atoms with Crippen molar-refractivity contribution in [2.45, 2.75) is 33.1 Å². The minimum atomic E-state index is -1.08. The molecule has 18 heavy (non-hydrogen) atoms. The molecule has 0 heterocycles. The SMILES string of the molecule is COC(=O)CCCN(C)C(=O)CC(C)(C)C(=O)O. The molecule has 104 valence electrons. The maximum absolute atomic E-state index is 11.8. The van der Waals surface area contributed by atoms with Gasteiger partial charge in [0, 0.05) is 26.4 Å². The van der Waals surface area contributed by atoms with Crippen molar-refractivity contribution in [3.05, 3.63) is 0 Å². The van der Waals surface area contributed by atoms with Crippen molar-refractivity contribution in [3.63, 3.8) is 0 Å². The van der Waals surface area contributed by atoms with Crippen LogP contribution in [0.3, 0.4) is 0 Å². The van der Waals surface area contributed by atoms with Crippen LogP contribution in [0.25, 0.3) is 0 Å². The molecule has 0 aromatic rings. The highest BCUT2D eigenvalue weighted by atomic mass is 16.5. The first-order valence-electron chi connectivity index (χ1n) is 5.75. The van der Waals surface area contributed by atoms with Crippen LogP contribution in [0.15, 0.2) is 0 Å². The Morgan fingerprint density at radius 2 is 1.83 bits per heavy atom. The summed E-state index contributed by atoms with van der Waals surface area (Å²) in [6.45, 7) is 3.43. The largest absolute Gasteiger partial charge is 0.481 e. The van der Waals surface area contributed by atoms with Crippen LogP contribution < -0.4 is 0 Å². The molecule has 6 nitrogen and oxygen atoms in total. The maximum atomic E-state index is 11.8. The molecule has 0 spiro atoms. The van der Waals surface area contributed by atoms with Gasteiger partial charge >= 0.3 is 11.9 Å². The van der Waals surface area contributed by atoms with Crippen molar-refractivity contribution >= 4 is 17.8 Å². The molecular weight excluding hydrogens is 238 g/mol. The van der Waals surface area contributed by atoms with E-state index >= 15 is 0 Å². The number of ether oxygens (including phenoxy) is 1. The number of aliphatic carboxylic acids is 1. The number of rotatable bonds is 7. The van der Waals surface area contributed by atoms with Gasteiger partial charge in [-0.25, -0.2) is 0 Å². The van der Waals surface area contributed by atoms with Crippen molar-refractivity contribution in [3.8, 4) is 0 Å². The number of carboxylic acids is 1. The van der Waals surface area contributed by atoms with E-state index in [0.717, 1.165) is 0 Å². The van der Waals surface area contributed by atoms with E-state index in [1.165, 1.54) is 25.9 Å². The smallest absolute Gasteiger partial charge is 0.309 e. The van der Waals surface area contributed by atoms with Gasteiger partial charge in [-0.2, -0.15) is 0 Å². The lowest BCUT2D eigenvalue weighted by atomic mass is 9.89. The van der Waals surface area contributed by atoms with Crippen LogP contribution in [0.2, 0.25) is 0 Å². The van der Waals surface area contributed by atoms with Crippen LogP contribution in [0.4, 0.5) is 0 Å². The van der Waals surface area contributed by atoms with E-state index in [-0.39, 0.29) is 24.7 Å². The minimum Gasteiger partial charge on any atom is -0.481 e. The van der Waals surface area contributed by atoms with Crippen LogP contribution in [-0.2, 0) is 19.1 Å². The van der Waals surface area contributed by atoms with E-state index in [0.29, 0.717) is 13.0 Å². The molecule has 0 rings (SSSR count). The van der Waals surface area contributed by atoms with E-state index in [9.17, 15) is 14.4 Å². The van der Waals surface area contributed by atoms with Crippen molar-refractivity contribution in [1.82, 2.24) is 4.90 Å². The molecule has 0 aliphatic rings. The minimum absolute atomic E-state index is 0.0585. The number of hydrogen-bond acceptors (Lipinski definition) is 4. The Balaban J connectivity index is 4.12. The van der Waals surface area contributed by atoms with Crippen LogP contribution in [0, 0.1) is 5.41 Å². The first-order chi connectivity index (χ1) is 8.20. The summed E-state index contributed by atoms with van der Waals surface area (Å²) in [4.78, 5) is 35.0. The number of amides is 1. The Bertz CT molecular complexity index is 324. The summed E-state index contributed by atoms with van der Waals surface area (Å²) in [6, 6.07) is 0. The van der Waals surface area contributed by atoms with Crippen LogP contribution in [-0.4, -0.2) is 48.6 Å². The van der Waals surface area contributed by atoms with Gasteiger partial charge in [-0.3, -0.25) is 14.4 Å². The molecule has 0 atom stereocenters. The van der Waals surface area contributed by atoms with E-state index < -0.39 is 11.4 Å². The predicted molar refractivity (Wildman–Crippen MR) is 64.9 cm³/mol. The maximum Gasteiger partial charge on any atom is 0.309 e. The van der Waals surface area contributed by atoms with Gasteiger partial charge in [0.05, 0.1) is 12.5 Å². The summed E-state index contributed by atoms with van der Waals surface area (Å²) in [6.07, 6.45) is 0.690. The van der Waals surface area contributed by atoms with Gasteiger partial charge in [-0.1, -0.05) is 0 Å². The van der Waals surface area contributed by atoms with Gasteiger partial charge < -0.3 is 14.7 Å². The van der Waals surface area contributed by atoms with Crippen molar-refractivity contribution in [1.29, 1.82) is 0 Å². The average Bonchev–Trinajstić information content (AvgIpc) is 2.27. The zero-order valence-electron chi connectivity index (χ0n) is 11.4. The average molecular weight is 259 g/mol. The third-order valence-corrected chi connectivity index (χ3v) is 2.70. The molecule has 0 saturated carbocycles. The number of carbonyl (C=O) groups is 3. The number of esters is 1. The highest BCUT2D eigenvalue weighted by Crippen LogP contribution is 2.21. The Labute approximate surface area is 107 Å². The van der Waals surface area contributed by atoms with Crippen LogP contribution >= 0.6 is 0 Å². The quantitative estimate of drug-likeness (QED) is 0.687. The van der Waals surface area contributed by atoms with Gasteiger partial charge in [-0.05, 0) is 20.3 Å². The zero-order valence-corrected chi connectivity index (χ0v) is 11.4. The summed E-state index contributed by atoms with van der Waals surface area (Å²) in [5.74, 6) is -1.56. The standard InChI is InChI=1S/C12H21NO5/c1-12(2,11(16)17)8-9(14)13(3)7-5-6-10(15)18-4/h5-8H2,1-4H3,(H,16,17). The van der Waals surface area contributed by atoms with E-state index in [1.54, 1.807) is 7.05 Å². The summed E-state index contributed by atoms with van der Waals surface area (Å²) < 4.78 is 4.48. The highest BCUT2D eigenvalue weighted by Gasteiger charge is 2.31. The third kappa shape index (κ3) is 5.65. The lowest BCUT2D eigenvalue weighted by molar-refractivity contribution is -0.151. The number of carboxylic acid groups (broad SMARTS) is 1. The van der Waals surface area contributed by atoms with Crippen LogP contribution in [0.1, 0.15) is 33.1 Å². The van der Waals surface area contributed by atoms with Gasteiger partial charge in [0.25, 0.3) is 0 Å². The molecule has 0 fully saturated rings. The van der Waals surface area contributed by atoms with Gasteiger partial charge in [0.1, 0.15) is 0 Å². The van der Waals surface area contributed by atoms with Gasteiger partial charge in [-0.15, -0.1) is 0 Å². The number of methoxy groups -OCH3 is 1. The molecule has 0 aromatic carbocycles. The number of carbonyl (C=O) groups excluding carboxylic acids is 2. The highest BCUT2D eigenvalue weighted by molar-refractivity contribution is 5.84. The second-order valence-electron chi connectivity index (χ2n) is 4.86. The summed E-state index contributed by atoms with van der Waals surface area (Å²) in [5.41, 5.74) is -1.08. The number of nitrogens with zero attached hydrogens (tertiary/aromatic N) is 1. The Morgan fingerprint density at radius 1 is 1.28 bits per heavy atom. The lowest BCUT2D eigenvalue weighted by Gasteiger charge is -2.23. The first kappa shape index (κ1) is 16.4. The fourth-order valence-electron chi connectivity index (χ4n) is 1.28. The second kappa shape index (κ2) is 6.98. The zero-order chi connectivity index (χ0) is 14.3. The van der Waals surface area contributed by atoms with Gasteiger partial charge in [0.2, 0.25) is 5.91 Å². The molecule has 6 heteroatoms. The summed E-state index contributed by atoms with van der Waals surface area (Å²) >= 11 is 0. The van der Waals surface area contributed by atoms with Crippen molar-refractivity contribution < 1.29 is 24.2 Å². The summed E-state index contributed by atoms with van der Waals surface area (Å²) in [5, 5.41) is 8.92. The van der Waals surface area contributed by atoms with Gasteiger partial charge in [0.15, 0.2) is 0 Å². The molecule has 0 saturated heterocycles. The molecule has 0 aliphatic carbocycles. The topological polar surface area (TPSA) is 83.9 Å². The van der Waals surface area contributed by atoms with Crippen LogP contribution in [0.5, 0.6) is 0 Å². The monoisotopic (exact) mass is 259 g/mol. The fourth-order valence-corrected chi connectivity index (χ4v) is 1.28. The van der Waals surface area contributed by atoms with E-state index in [2.05, 4.69) is 4.74 Å². The number of hydrogen-bond donors (Lipinski definition) is 1. The molecule has 0 radical (unpaired) electrons. The molecule has 1 amide bonds. The molecule has 0 unspecified atom stereocenters. The Hall–Kier alpha value is -1.59. The first-order valence-corrected chi connectivity index (χ1v) is 5.75. The molecule has 0 aromatic heterocycles. The van der Waals surface area contributed by atoms with Crippen molar-refractivity contribution in [2.75, 3.05) is 20.7 Å². The third-order valence-electron chi connectivity index (χ3n) is 2.70. The second-order valence-corrected chi connectivity index (χ2v) is 4.86. The predicted octanol–water partition coefficient (Wildman–Crippen LogP) is 0.899. The molecule has 1 N–H and O–H groups in total. The molecule has 0 bridgehead atoms. The van der Waals surface area contributed by atoms with E-state index in [4.69, 9.17) is 5.11 Å². The summed E-state index contributed by atoms with van der Waals surface area (Å²) in [7, 11) is 2.91. The molecule has 0 aliphatic heterocycles. The van der Waals surface area contributed by atoms with Crippen molar-refractivity contribution in [2.24, 2.45) is 5.41 Å².